The number of allylic oxidation sites excluding steroid dienone is 1. The Bertz CT molecular complexity index is 698. The Morgan fingerprint density at radius 1 is 1.42 bits per heavy atom. The summed E-state index contributed by atoms with van der Waals surface area (Å²) in [6.45, 7) is 0. The van der Waals surface area contributed by atoms with Gasteiger partial charge in [-0.25, -0.2) is 4.98 Å². The van der Waals surface area contributed by atoms with Crippen molar-refractivity contribution in [1.82, 2.24) is 4.98 Å². The lowest BCUT2D eigenvalue weighted by Gasteiger charge is -2.20. The lowest BCUT2D eigenvalue weighted by molar-refractivity contribution is -0.140. The van der Waals surface area contributed by atoms with Gasteiger partial charge in [-0.15, -0.1) is 0 Å². The first kappa shape index (κ1) is 11.6. The van der Waals surface area contributed by atoms with Crippen molar-refractivity contribution in [2.75, 3.05) is 0 Å². The number of carbonyl (C=O) groups is 2. The zero-order chi connectivity index (χ0) is 13.4. The van der Waals surface area contributed by atoms with Crippen LogP contribution in [0.15, 0.2) is 35.1 Å². The van der Waals surface area contributed by atoms with Crippen LogP contribution >= 0.6 is 0 Å². The van der Waals surface area contributed by atoms with E-state index in [1.807, 2.05) is 0 Å². The minimum absolute atomic E-state index is 0.0369. The molecule has 0 bridgehead atoms. The number of benzene rings is 1. The van der Waals surface area contributed by atoms with E-state index in [9.17, 15) is 14.7 Å². The van der Waals surface area contributed by atoms with Crippen molar-refractivity contribution in [3.63, 3.8) is 0 Å². The van der Waals surface area contributed by atoms with Crippen molar-refractivity contribution in [2.45, 2.75) is 12.8 Å². The summed E-state index contributed by atoms with van der Waals surface area (Å²) in [7, 11) is 0. The maximum Gasteiger partial charge on any atom is 0.311 e. The second-order valence-corrected chi connectivity index (χ2v) is 4.53. The smallest absolute Gasteiger partial charge is 0.311 e. The number of ketones is 1. The standard InChI is InChI=1S/C14H11NO4/c16-9-2-3-10(14(17)18)11(6-9)8-1-4-12-13(5-8)19-7-15-12/h1,4-7,10H,2-3H2,(H,17,18). The Morgan fingerprint density at radius 2 is 2.26 bits per heavy atom. The third-order valence-corrected chi connectivity index (χ3v) is 3.33. The fourth-order valence-electron chi connectivity index (χ4n) is 2.36. The van der Waals surface area contributed by atoms with E-state index < -0.39 is 11.9 Å². The average molecular weight is 257 g/mol. The highest BCUT2D eigenvalue weighted by Gasteiger charge is 2.28. The Balaban J connectivity index is 2.10. The van der Waals surface area contributed by atoms with Crippen molar-refractivity contribution in [3.8, 4) is 0 Å². The fourth-order valence-corrected chi connectivity index (χ4v) is 2.36. The van der Waals surface area contributed by atoms with Crippen molar-refractivity contribution < 1.29 is 19.1 Å². The molecule has 0 radical (unpaired) electrons. The molecule has 0 saturated carbocycles. The van der Waals surface area contributed by atoms with E-state index in [0.717, 1.165) is 0 Å². The Labute approximate surface area is 108 Å². The van der Waals surface area contributed by atoms with Crippen LogP contribution in [0.25, 0.3) is 16.7 Å². The third-order valence-electron chi connectivity index (χ3n) is 3.33. The second kappa shape index (κ2) is 4.35. The quantitative estimate of drug-likeness (QED) is 0.892. The molecule has 0 saturated heterocycles. The van der Waals surface area contributed by atoms with E-state index in [-0.39, 0.29) is 12.2 Å². The molecule has 1 atom stereocenters. The van der Waals surface area contributed by atoms with Gasteiger partial charge < -0.3 is 9.52 Å². The number of carboxylic acids is 1. The van der Waals surface area contributed by atoms with Crippen LogP contribution in [0.3, 0.4) is 0 Å². The lowest BCUT2D eigenvalue weighted by Crippen LogP contribution is -2.21. The van der Waals surface area contributed by atoms with E-state index in [4.69, 9.17) is 4.42 Å². The Hall–Kier alpha value is -2.43. The summed E-state index contributed by atoms with van der Waals surface area (Å²) in [5, 5.41) is 9.24. The minimum Gasteiger partial charge on any atom is -0.481 e. The van der Waals surface area contributed by atoms with Gasteiger partial charge in [0, 0.05) is 6.42 Å². The van der Waals surface area contributed by atoms with Crippen LogP contribution in [0.4, 0.5) is 0 Å². The molecule has 1 aromatic carbocycles. The largest absolute Gasteiger partial charge is 0.481 e. The molecule has 0 amide bonds. The van der Waals surface area contributed by atoms with Gasteiger partial charge in [0.2, 0.25) is 0 Å². The predicted molar refractivity (Wildman–Crippen MR) is 67.4 cm³/mol. The van der Waals surface area contributed by atoms with E-state index in [1.165, 1.54) is 12.5 Å². The maximum absolute atomic E-state index is 11.5. The van der Waals surface area contributed by atoms with Gasteiger partial charge in [-0.1, -0.05) is 6.07 Å². The molecule has 0 fully saturated rings. The van der Waals surface area contributed by atoms with E-state index in [2.05, 4.69) is 4.98 Å². The van der Waals surface area contributed by atoms with Crippen molar-refractivity contribution in [2.24, 2.45) is 5.92 Å². The molecule has 0 aliphatic heterocycles. The monoisotopic (exact) mass is 257 g/mol. The van der Waals surface area contributed by atoms with Crippen LogP contribution in [0.1, 0.15) is 18.4 Å². The summed E-state index contributed by atoms with van der Waals surface area (Å²) in [6, 6.07) is 5.25. The summed E-state index contributed by atoms with van der Waals surface area (Å²) in [4.78, 5) is 26.8. The van der Waals surface area contributed by atoms with Gasteiger partial charge in [-0.05, 0) is 35.8 Å². The number of hydrogen-bond donors (Lipinski definition) is 1. The minimum atomic E-state index is -0.906. The van der Waals surface area contributed by atoms with Gasteiger partial charge in [-0.2, -0.15) is 0 Å². The van der Waals surface area contributed by atoms with Gasteiger partial charge in [-0.3, -0.25) is 9.59 Å². The number of carbonyl (C=O) groups excluding carboxylic acids is 1. The number of rotatable bonds is 2. The SMILES string of the molecule is O=C1C=C(c2ccc3ncoc3c2)C(C(=O)O)CC1. The number of aliphatic carboxylic acids is 1. The molecule has 0 spiro atoms. The fraction of sp³-hybridized carbons (Fsp3) is 0.214. The third kappa shape index (κ3) is 2.03. The van der Waals surface area contributed by atoms with Crippen molar-refractivity contribution in [3.05, 3.63) is 36.2 Å². The molecular weight excluding hydrogens is 246 g/mol. The van der Waals surface area contributed by atoms with Crippen LogP contribution in [0, 0.1) is 5.92 Å². The molecule has 1 aliphatic rings. The number of carboxylic acid groups (broad SMARTS) is 1. The van der Waals surface area contributed by atoms with Crippen LogP contribution in [0.2, 0.25) is 0 Å². The Kier molecular flexibility index (Phi) is 2.67. The van der Waals surface area contributed by atoms with E-state index in [0.29, 0.717) is 28.7 Å². The van der Waals surface area contributed by atoms with Crippen LogP contribution in [0.5, 0.6) is 0 Å². The molecule has 1 heterocycles. The molecule has 96 valence electrons. The summed E-state index contributed by atoms with van der Waals surface area (Å²) in [5.74, 6) is -1.58. The van der Waals surface area contributed by atoms with Crippen LogP contribution in [-0.2, 0) is 9.59 Å². The molecular formula is C14H11NO4. The number of hydrogen-bond acceptors (Lipinski definition) is 4. The zero-order valence-electron chi connectivity index (χ0n) is 10.00. The first-order valence-corrected chi connectivity index (χ1v) is 5.96. The summed E-state index contributed by atoms with van der Waals surface area (Å²) in [6.07, 6.45) is 3.39. The number of nitrogens with zero attached hydrogens (tertiary/aromatic N) is 1. The topological polar surface area (TPSA) is 80.4 Å². The molecule has 1 aliphatic carbocycles. The van der Waals surface area contributed by atoms with Gasteiger partial charge in [0.25, 0.3) is 0 Å². The van der Waals surface area contributed by atoms with Gasteiger partial charge in [0.05, 0.1) is 5.92 Å². The van der Waals surface area contributed by atoms with Crippen molar-refractivity contribution in [1.29, 1.82) is 0 Å². The predicted octanol–water partition coefficient (Wildman–Crippen LogP) is 2.27. The highest BCUT2D eigenvalue weighted by atomic mass is 16.4. The van der Waals surface area contributed by atoms with E-state index in [1.54, 1.807) is 18.2 Å². The van der Waals surface area contributed by atoms with Gasteiger partial charge in [0.15, 0.2) is 17.8 Å². The number of fused-ring (bicyclic) bond motifs is 1. The number of aromatic nitrogens is 1. The number of oxazole rings is 1. The molecule has 19 heavy (non-hydrogen) atoms. The first-order chi connectivity index (χ1) is 9.15. The van der Waals surface area contributed by atoms with E-state index >= 15 is 0 Å². The molecule has 5 nitrogen and oxygen atoms in total. The van der Waals surface area contributed by atoms with Crippen molar-refractivity contribution >= 4 is 28.4 Å². The van der Waals surface area contributed by atoms with Crippen LogP contribution < -0.4 is 0 Å². The summed E-state index contributed by atoms with van der Waals surface area (Å²) >= 11 is 0. The second-order valence-electron chi connectivity index (χ2n) is 4.53. The lowest BCUT2D eigenvalue weighted by atomic mass is 9.83. The highest BCUT2D eigenvalue weighted by molar-refractivity contribution is 6.03. The molecule has 1 aromatic heterocycles. The molecule has 5 heteroatoms. The first-order valence-electron chi connectivity index (χ1n) is 5.96. The van der Waals surface area contributed by atoms with Gasteiger partial charge >= 0.3 is 5.97 Å². The summed E-state index contributed by atoms with van der Waals surface area (Å²) < 4.78 is 5.20. The average Bonchev–Trinajstić information content (AvgIpc) is 2.85. The highest BCUT2D eigenvalue weighted by Crippen LogP contribution is 2.32. The molecule has 1 N–H and O–H groups in total. The Morgan fingerprint density at radius 3 is 3.05 bits per heavy atom. The zero-order valence-corrected chi connectivity index (χ0v) is 10.00. The molecule has 2 aromatic rings. The molecule has 3 rings (SSSR count). The normalized spacial score (nSPS) is 19.5. The van der Waals surface area contributed by atoms with Crippen LogP contribution in [-0.4, -0.2) is 21.8 Å². The molecule has 1 unspecified atom stereocenters. The van der Waals surface area contributed by atoms with Gasteiger partial charge in [0.1, 0.15) is 5.52 Å². The summed E-state index contributed by atoms with van der Waals surface area (Å²) in [5.41, 5.74) is 2.53. The maximum atomic E-state index is 11.5.